The molecule has 1 N–H and O–H groups in total. The second-order valence-electron chi connectivity index (χ2n) is 3.97. The van der Waals surface area contributed by atoms with Gasteiger partial charge in [0.1, 0.15) is 7.85 Å². The highest BCUT2D eigenvalue weighted by atomic mass is 19.1. The van der Waals surface area contributed by atoms with Crippen molar-refractivity contribution in [2.45, 2.75) is 19.8 Å². The Morgan fingerprint density at radius 1 is 1.50 bits per heavy atom. The minimum Gasteiger partial charge on any atom is -0.490 e. The number of halogens is 1. The lowest BCUT2D eigenvalue weighted by Gasteiger charge is -2.09. The molecule has 2 rings (SSSR count). The molecule has 2 aromatic rings. The van der Waals surface area contributed by atoms with Crippen molar-refractivity contribution in [2.75, 3.05) is 6.61 Å². The molecule has 0 saturated carbocycles. The minimum atomic E-state index is -0.277. The Kier molecular flexibility index (Phi) is 3.18. The fourth-order valence-electron chi connectivity index (χ4n) is 1.81. The summed E-state index contributed by atoms with van der Waals surface area (Å²) >= 11 is 0. The number of fused-ring (bicyclic) bond motifs is 1. The van der Waals surface area contributed by atoms with Crippen molar-refractivity contribution in [3.63, 3.8) is 0 Å². The van der Waals surface area contributed by atoms with Crippen LogP contribution >= 0.6 is 0 Å². The van der Waals surface area contributed by atoms with Crippen LogP contribution in [0.1, 0.15) is 19.8 Å². The van der Waals surface area contributed by atoms with Gasteiger partial charge in [-0.25, -0.2) is 4.39 Å². The fraction of sp³-hybridized carbons (Fsp3) is 0.333. The highest BCUT2D eigenvalue weighted by molar-refractivity contribution is 6.38. The average molecular weight is 219 g/mol. The summed E-state index contributed by atoms with van der Waals surface area (Å²) < 4.78 is 19.3. The summed E-state index contributed by atoms with van der Waals surface area (Å²) in [4.78, 5) is 3.10. The Bertz CT molecular complexity index is 495. The Hall–Kier alpha value is -1.45. The summed E-state index contributed by atoms with van der Waals surface area (Å²) in [5.74, 6) is 0.0935. The Balaban J connectivity index is 2.38. The van der Waals surface area contributed by atoms with Gasteiger partial charge in [-0.2, -0.15) is 0 Å². The smallest absolute Gasteiger partial charge is 0.165 e. The van der Waals surface area contributed by atoms with Crippen molar-refractivity contribution < 1.29 is 9.13 Å². The van der Waals surface area contributed by atoms with Crippen molar-refractivity contribution in [3.8, 4) is 5.75 Å². The highest BCUT2D eigenvalue weighted by Gasteiger charge is 2.11. The zero-order chi connectivity index (χ0) is 11.5. The number of H-pyrrole nitrogens is 1. The van der Waals surface area contributed by atoms with E-state index in [2.05, 4.69) is 11.9 Å². The van der Waals surface area contributed by atoms with Crippen molar-refractivity contribution in [1.29, 1.82) is 0 Å². The van der Waals surface area contributed by atoms with Crippen LogP contribution in [-0.2, 0) is 0 Å². The number of benzene rings is 1. The Morgan fingerprint density at radius 2 is 2.31 bits per heavy atom. The van der Waals surface area contributed by atoms with Gasteiger partial charge in [-0.15, -0.1) is 0 Å². The van der Waals surface area contributed by atoms with E-state index in [-0.39, 0.29) is 5.82 Å². The zero-order valence-corrected chi connectivity index (χ0v) is 9.64. The van der Waals surface area contributed by atoms with E-state index in [0.717, 1.165) is 29.2 Å². The molecule has 0 radical (unpaired) electrons. The SMILES string of the molecule is Bc1cc(F)c(OCCCC)c2cc[nH]c12. The summed E-state index contributed by atoms with van der Waals surface area (Å²) in [5.41, 5.74) is 1.85. The van der Waals surface area contributed by atoms with E-state index >= 15 is 0 Å². The van der Waals surface area contributed by atoms with Crippen molar-refractivity contribution in [1.82, 2.24) is 4.98 Å². The lowest BCUT2D eigenvalue weighted by molar-refractivity contribution is 0.298. The van der Waals surface area contributed by atoms with E-state index in [4.69, 9.17) is 4.74 Å². The molecule has 0 aliphatic rings. The van der Waals surface area contributed by atoms with Crippen molar-refractivity contribution in [3.05, 3.63) is 24.1 Å². The molecule has 2 nitrogen and oxygen atoms in total. The number of aromatic amines is 1. The van der Waals surface area contributed by atoms with Crippen molar-refractivity contribution in [2.24, 2.45) is 0 Å². The summed E-state index contributed by atoms with van der Waals surface area (Å²) in [6.45, 7) is 2.65. The molecule has 1 aromatic heterocycles. The van der Waals surface area contributed by atoms with Gasteiger partial charge in [-0.1, -0.05) is 18.8 Å². The van der Waals surface area contributed by atoms with Crippen LogP contribution in [-0.4, -0.2) is 19.4 Å². The normalized spacial score (nSPS) is 10.9. The molecule has 0 fully saturated rings. The number of hydrogen-bond acceptors (Lipinski definition) is 1. The Morgan fingerprint density at radius 3 is 3.06 bits per heavy atom. The van der Waals surface area contributed by atoms with Gasteiger partial charge >= 0.3 is 0 Å². The van der Waals surface area contributed by atoms with Gasteiger partial charge in [0, 0.05) is 17.1 Å². The first-order chi connectivity index (χ1) is 7.74. The molecule has 0 bridgehead atoms. The lowest BCUT2D eigenvalue weighted by atomic mass is 9.93. The minimum absolute atomic E-state index is 0.277. The largest absolute Gasteiger partial charge is 0.490 e. The highest BCUT2D eigenvalue weighted by Crippen LogP contribution is 2.26. The van der Waals surface area contributed by atoms with Gasteiger partial charge in [0.15, 0.2) is 11.6 Å². The monoisotopic (exact) mass is 219 g/mol. The standard InChI is InChI=1S/C12H15BFNO/c1-2-3-6-16-12-8-4-5-15-11(8)9(13)7-10(12)14/h4-5,7,15H,2-3,6,13H2,1H3. The van der Waals surface area contributed by atoms with Crippen LogP contribution in [0.3, 0.4) is 0 Å². The van der Waals surface area contributed by atoms with Gasteiger partial charge in [0.05, 0.1) is 6.61 Å². The second kappa shape index (κ2) is 4.60. The van der Waals surface area contributed by atoms with E-state index in [1.54, 1.807) is 0 Å². The van der Waals surface area contributed by atoms with Gasteiger partial charge in [-0.05, 0) is 18.6 Å². The van der Waals surface area contributed by atoms with Gasteiger partial charge in [0.25, 0.3) is 0 Å². The summed E-state index contributed by atoms with van der Waals surface area (Å²) in [5, 5.41) is 0.827. The maximum absolute atomic E-state index is 13.7. The summed E-state index contributed by atoms with van der Waals surface area (Å²) in [7, 11) is 1.89. The fourth-order valence-corrected chi connectivity index (χ4v) is 1.81. The molecule has 84 valence electrons. The van der Waals surface area contributed by atoms with E-state index < -0.39 is 0 Å². The topological polar surface area (TPSA) is 25.0 Å². The predicted molar refractivity (Wildman–Crippen MR) is 66.8 cm³/mol. The molecular weight excluding hydrogens is 204 g/mol. The van der Waals surface area contributed by atoms with Crippen LogP contribution in [0.25, 0.3) is 10.9 Å². The average Bonchev–Trinajstić information content (AvgIpc) is 2.72. The number of aromatic nitrogens is 1. The molecule has 1 heterocycles. The number of unbranched alkanes of at least 4 members (excludes halogenated alkanes) is 1. The molecule has 4 heteroatoms. The maximum Gasteiger partial charge on any atom is 0.165 e. The third-order valence-electron chi connectivity index (χ3n) is 2.69. The van der Waals surface area contributed by atoms with Crippen LogP contribution in [0.2, 0.25) is 0 Å². The molecule has 16 heavy (non-hydrogen) atoms. The number of rotatable bonds is 4. The first kappa shape index (κ1) is 11.1. The molecule has 0 aliphatic carbocycles. The third kappa shape index (κ3) is 1.92. The second-order valence-corrected chi connectivity index (χ2v) is 3.97. The number of nitrogens with one attached hydrogen (secondary N) is 1. The van der Waals surface area contributed by atoms with Crippen molar-refractivity contribution >= 4 is 24.2 Å². The first-order valence-corrected chi connectivity index (χ1v) is 5.63. The maximum atomic E-state index is 13.7. The van der Waals surface area contributed by atoms with Crippen LogP contribution in [0.15, 0.2) is 18.3 Å². The molecule has 0 spiro atoms. The molecule has 0 aliphatic heterocycles. The molecule has 0 amide bonds. The first-order valence-electron chi connectivity index (χ1n) is 5.63. The van der Waals surface area contributed by atoms with Gasteiger partial charge in [-0.3, -0.25) is 0 Å². The molecule has 1 aromatic carbocycles. The molecule has 0 saturated heterocycles. The van der Waals surface area contributed by atoms with Crippen LogP contribution in [0.4, 0.5) is 4.39 Å². The molecular formula is C12H15BFNO. The molecule has 0 atom stereocenters. The van der Waals surface area contributed by atoms with E-state index in [1.807, 2.05) is 20.1 Å². The predicted octanol–water partition coefficient (Wildman–Crippen LogP) is 1.74. The van der Waals surface area contributed by atoms with Crippen LogP contribution in [0, 0.1) is 5.82 Å². The zero-order valence-electron chi connectivity index (χ0n) is 9.64. The van der Waals surface area contributed by atoms with Gasteiger partial charge < -0.3 is 9.72 Å². The van der Waals surface area contributed by atoms with Crippen LogP contribution in [0.5, 0.6) is 5.75 Å². The number of ether oxygens (including phenoxy) is 1. The van der Waals surface area contributed by atoms with Gasteiger partial charge in [0.2, 0.25) is 0 Å². The molecule has 0 unspecified atom stereocenters. The van der Waals surface area contributed by atoms with E-state index in [0.29, 0.717) is 12.4 Å². The van der Waals surface area contributed by atoms with E-state index in [9.17, 15) is 4.39 Å². The third-order valence-corrected chi connectivity index (χ3v) is 2.69. The van der Waals surface area contributed by atoms with Crippen LogP contribution < -0.4 is 10.2 Å². The summed E-state index contributed by atoms with van der Waals surface area (Å²) in [6.07, 6.45) is 3.80. The van der Waals surface area contributed by atoms with E-state index in [1.165, 1.54) is 6.07 Å². The Labute approximate surface area is 95.2 Å². The quantitative estimate of drug-likeness (QED) is 0.614. The summed E-state index contributed by atoms with van der Waals surface area (Å²) in [6, 6.07) is 3.37. The lowest BCUT2D eigenvalue weighted by Crippen LogP contribution is -2.08. The number of hydrogen-bond donors (Lipinski definition) is 1.